The van der Waals surface area contributed by atoms with E-state index in [0.717, 1.165) is 44.9 Å². The van der Waals surface area contributed by atoms with Crippen LogP contribution in [0.15, 0.2) is 11.6 Å². The van der Waals surface area contributed by atoms with Crippen LogP contribution in [-0.2, 0) is 14.3 Å². The molecule has 4 aliphatic carbocycles. The summed E-state index contributed by atoms with van der Waals surface area (Å²) in [5, 5.41) is 21.8. The number of carbonyl (C=O) groups is 1. The van der Waals surface area contributed by atoms with E-state index in [1.807, 2.05) is 40.7 Å². The number of carbonyl (C=O) groups excluding carboxylic acids is 1. The minimum absolute atomic E-state index is 0.0101. The summed E-state index contributed by atoms with van der Waals surface area (Å²) in [6, 6.07) is 0. The van der Waals surface area contributed by atoms with Crippen LogP contribution in [0, 0.1) is 34.5 Å². The summed E-state index contributed by atoms with van der Waals surface area (Å²) in [5.41, 5.74) is -0.158. The van der Waals surface area contributed by atoms with Crippen molar-refractivity contribution in [2.75, 3.05) is 0 Å². The van der Waals surface area contributed by atoms with Crippen molar-refractivity contribution in [1.82, 2.24) is 0 Å². The first-order valence-electron chi connectivity index (χ1n) is 14.1. The summed E-state index contributed by atoms with van der Waals surface area (Å²) in [7, 11) is 0. The van der Waals surface area contributed by atoms with Gasteiger partial charge in [0.15, 0.2) is 11.6 Å². The SMILES string of the molecule is CC(C)(O)CCC[C@](C)(O)C1CCC2C3=CC(=O)C4CC5OC(C)(C)O[C@H]5CC4(C)C3CCC21C. The predicted octanol–water partition coefficient (Wildman–Crippen LogP) is 5.57. The van der Waals surface area contributed by atoms with Gasteiger partial charge in [-0.3, -0.25) is 4.79 Å². The Morgan fingerprint density at radius 1 is 0.914 bits per heavy atom. The van der Waals surface area contributed by atoms with Crippen molar-refractivity contribution in [2.24, 2.45) is 34.5 Å². The zero-order valence-corrected chi connectivity index (χ0v) is 23.0. The molecule has 198 valence electrons. The molecule has 7 unspecified atom stereocenters. The van der Waals surface area contributed by atoms with E-state index in [4.69, 9.17) is 9.47 Å². The molecule has 5 aliphatic rings. The maximum absolute atomic E-state index is 13.6. The van der Waals surface area contributed by atoms with Gasteiger partial charge in [0.1, 0.15) is 0 Å². The zero-order chi connectivity index (χ0) is 25.6. The molecule has 9 atom stereocenters. The van der Waals surface area contributed by atoms with Gasteiger partial charge in [0.25, 0.3) is 0 Å². The number of ether oxygens (including phenoxy) is 2. The number of hydrogen-bond donors (Lipinski definition) is 2. The lowest BCUT2D eigenvalue weighted by molar-refractivity contribution is -0.146. The molecule has 3 saturated carbocycles. The molecule has 0 aromatic carbocycles. The monoisotopic (exact) mass is 488 g/mol. The Kier molecular flexibility index (Phi) is 6.01. The van der Waals surface area contributed by atoms with Crippen LogP contribution in [-0.4, -0.2) is 45.2 Å². The van der Waals surface area contributed by atoms with E-state index in [1.165, 1.54) is 5.57 Å². The number of ketones is 1. The summed E-state index contributed by atoms with van der Waals surface area (Å²) in [5.74, 6) is 0.724. The Bertz CT molecular complexity index is 897. The number of aliphatic hydroxyl groups is 2. The normalized spacial score (nSPS) is 46.2. The van der Waals surface area contributed by atoms with Crippen LogP contribution >= 0.6 is 0 Å². The van der Waals surface area contributed by atoms with E-state index in [2.05, 4.69) is 13.8 Å². The molecule has 0 aromatic rings. The van der Waals surface area contributed by atoms with Gasteiger partial charge in [-0.1, -0.05) is 19.4 Å². The molecule has 0 bridgehead atoms. The zero-order valence-electron chi connectivity index (χ0n) is 23.0. The lowest BCUT2D eigenvalue weighted by Crippen LogP contribution is -2.56. The van der Waals surface area contributed by atoms with Gasteiger partial charge in [0.2, 0.25) is 0 Å². The quantitative estimate of drug-likeness (QED) is 0.529. The van der Waals surface area contributed by atoms with Crippen molar-refractivity contribution in [3.05, 3.63) is 11.6 Å². The molecule has 0 amide bonds. The van der Waals surface area contributed by atoms with Crippen LogP contribution in [0.4, 0.5) is 0 Å². The largest absolute Gasteiger partial charge is 0.390 e. The van der Waals surface area contributed by atoms with E-state index in [0.29, 0.717) is 24.7 Å². The molecule has 5 nitrogen and oxygen atoms in total. The fraction of sp³-hybridized carbons (Fsp3) is 0.900. The highest BCUT2D eigenvalue weighted by Crippen LogP contribution is 2.67. The number of rotatable bonds is 5. The third-order valence-corrected chi connectivity index (χ3v) is 11.0. The molecular formula is C30H48O5. The summed E-state index contributed by atoms with van der Waals surface area (Å²) in [4.78, 5) is 13.6. The summed E-state index contributed by atoms with van der Waals surface area (Å²) in [6.07, 6.45) is 10.2. The van der Waals surface area contributed by atoms with Gasteiger partial charge in [-0.15, -0.1) is 0 Å². The molecule has 35 heavy (non-hydrogen) atoms. The smallest absolute Gasteiger partial charge is 0.163 e. The first-order chi connectivity index (χ1) is 16.1. The average Bonchev–Trinajstić information content (AvgIpc) is 3.20. The van der Waals surface area contributed by atoms with E-state index in [-0.39, 0.29) is 40.7 Å². The summed E-state index contributed by atoms with van der Waals surface area (Å²) >= 11 is 0. The van der Waals surface area contributed by atoms with E-state index in [1.54, 1.807) is 0 Å². The summed E-state index contributed by atoms with van der Waals surface area (Å²) in [6.45, 7) is 14.4. The Hall–Kier alpha value is -0.750. The number of fused-ring (bicyclic) bond motifs is 6. The van der Waals surface area contributed by atoms with Crippen molar-refractivity contribution >= 4 is 5.78 Å². The highest BCUT2D eigenvalue weighted by atomic mass is 16.7. The van der Waals surface area contributed by atoms with E-state index >= 15 is 0 Å². The molecule has 4 fully saturated rings. The summed E-state index contributed by atoms with van der Waals surface area (Å²) < 4.78 is 12.5. The van der Waals surface area contributed by atoms with Crippen molar-refractivity contribution in [3.8, 4) is 0 Å². The first kappa shape index (κ1) is 25.9. The maximum atomic E-state index is 13.6. The predicted molar refractivity (Wildman–Crippen MR) is 136 cm³/mol. The molecule has 2 N–H and O–H groups in total. The van der Waals surface area contributed by atoms with Gasteiger partial charge in [-0.2, -0.15) is 0 Å². The number of allylic oxidation sites excluding steroid dienone is 2. The molecule has 1 heterocycles. The van der Waals surface area contributed by atoms with Gasteiger partial charge in [-0.05, 0) is 127 Å². The molecule has 0 radical (unpaired) electrons. The second kappa shape index (κ2) is 8.12. The molecule has 0 spiro atoms. The fourth-order valence-corrected chi connectivity index (χ4v) is 9.43. The fourth-order valence-electron chi connectivity index (χ4n) is 9.43. The molecule has 1 aliphatic heterocycles. The molecular weight excluding hydrogens is 440 g/mol. The molecule has 1 saturated heterocycles. The van der Waals surface area contributed by atoms with E-state index in [9.17, 15) is 15.0 Å². The Balaban J connectivity index is 1.38. The standard InChI is InChI=1S/C30H48O5/c1-26(2,32)12-8-13-30(7,33)25-10-9-19-18-15-22(31)21-16-23-24(35-27(3,4)34-23)17-29(21,6)20(18)11-14-28(19,25)5/h15,19-21,23-25,32-33H,8-14,16-17H2,1-7H3/t19?,20?,21?,23?,24-,25?,28?,29?,30-/m0/s1. The average molecular weight is 489 g/mol. The minimum atomic E-state index is -0.758. The van der Waals surface area contributed by atoms with Gasteiger partial charge in [0.05, 0.1) is 23.4 Å². The second-order valence-electron chi connectivity index (χ2n) is 14.6. The van der Waals surface area contributed by atoms with Gasteiger partial charge < -0.3 is 19.7 Å². The van der Waals surface area contributed by atoms with Crippen LogP contribution in [0.3, 0.4) is 0 Å². The topological polar surface area (TPSA) is 76.0 Å². The third kappa shape index (κ3) is 4.27. The van der Waals surface area contributed by atoms with Crippen LogP contribution in [0.5, 0.6) is 0 Å². The van der Waals surface area contributed by atoms with Crippen LogP contribution in [0.2, 0.25) is 0 Å². The van der Waals surface area contributed by atoms with Crippen molar-refractivity contribution in [1.29, 1.82) is 0 Å². The first-order valence-corrected chi connectivity index (χ1v) is 14.1. The van der Waals surface area contributed by atoms with Crippen LogP contribution < -0.4 is 0 Å². The lowest BCUT2D eigenvalue weighted by Gasteiger charge is -2.58. The molecule has 5 heteroatoms. The third-order valence-electron chi connectivity index (χ3n) is 11.0. The minimum Gasteiger partial charge on any atom is -0.390 e. The van der Waals surface area contributed by atoms with Crippen LogP contribution in [0.25, 0.3) is 0 Å². The Labute approximate surface area is 212 Å². The second-order valence-corrected chi connectivity index (χ2v) is 14.6. The van der Waals surface area contributed by atoms with Crippen LogP contribution in [0.1, 0.15) is 106 Å². The Morgan fingerprint density at radius 3 is 2.26 bits per heavy atom. The number of hydrogen-bond acceptors (Lipinski definition) is 5. The molecule has 5 rings (SSSR count). The molecule has 0 aromatic heterocycles. The highest BCUT2D eigenvalue weighted by Gasteiger charge is 2.63. The van der Waals surface area contributed by atoms with E-state index < -0.39 is 17.0 Å². The van der Waals surface area contributed by atoms with Gasteiger partial charge in [-0.25, -0.2) is 0 Å². The lowest BCUT2D eigenvalue weighted by atomic mass is 9.47. The Morgan fingerprint density at radius 2 is 1.57 bits per heavy atom. The highest BCUT2D eigenvalue weighted by molar-refractivity contribution is 5.94. The van der Waals surface area contributed by atoms with Gasteiger partial charge >= 0.3 is 0 Å². The maximum Gasteiger partial charge on any atom is 0.163 e. The van der Waals surface area contributed by atoms with Gasteiger partial charge in [0, 0.05) is 5.92 Å². The van der Waals surface area contributed by atoms with Crippen molar-refractivity contribution < 1.29 is 24.5 Å². The van der Waals surface area contributed by atoms with Crippen molar-refractivity contribution in [3.63, 3.8) is 0 Å². The van der Waals surface area contributed by atoms with Crippen molar-refractivity contribution in [2.45, 2.75) is 135 Å².